The summed E-state index contributed by atoms with van der Waals surface area (Å²) in [5, 5.41) is 8.38. The minimum Gasteiger partial charge on any atom is -0.200 e. The van der Waals surface area contributed by atoms with Gasteiger partial charge in [0.15, 0.2) is 0 Å². The average molecular weight is 489 g/mol. The minimum absolute atomic E-state index is 0.115. The van der Waals surface area contributed by atoms with Gasteiger partial charge in [-0.25, -0.2) is 0 Å². The second kappa shape index (κ2) is 9.26. The summed E-state index contributed by atoms with van der Waals surface area (Å²) in [4.78, 5) is 4.85. The molecule has 0 heterocycles. The highest BCUT2D eigenvalue weighted by Gasteiger charge is 2.38. The van der Waals surface area contributed by atoms with E-state index in [-0.39, 0.29) is 9.79 Å². The van der Waals surface area contributed by atoms with Crippen LogP contribution >= 0.6 is 0 Å². The second-order valence-electron chi connectivity index (χ2n) is 8.77. The minimum atomic E-state index is -3.85. The highest BCUT2D eigenvalue weighted by atomic mass is 32.2. The molecule has 0 aromatic heterocycles. The molecule has 176 valence electrons. The number of benzene rings is 2. The Kier molecular flexibility index (Phi) is 6.58. The van der Waals surface area contributed by atoms with Crippen LogP contribution in [0.15, 0.2) is 68.5 Å². The van der Waals surface area contributed by atoms with Crippen LogP contribution in [0.4, 0.5) is 0 Å². The van der Waals surface area contributed by atoms with E-state index in [4.69, 9.17) is 0 Å². The predicted octanol–water partition coefficient (Wildman–Crippen LogP) is 3.48. The fourth-order valence-electron chi connectivity index (χ4n) is 3.96. The molecule has 10 heteroatoms. The molecule has 2 saturated carbocycles. The molecule has 0 amide bonds. The van der Waals surface area contributed by atoms with Gasteiger partial charge >= 0.3 is 0 Å². The first kappa shape index (κ1) is 23.4. The summed E-state index contributed by atoms with van der Waals surface area (Å²) < 4.78 is 50.7. The molecule has 2 N–H and O–H groups in total. The summed E-state index contributed by atoms with van der Waals surface area (Å²) in [7, 11) is -7.69. The lowest BCUT2D eigenvalue weighted by molar-refractivity contribution is 0.581. The lowest BCUT2D eigenvalue weighted by Crippen LogP contribution is -2.28. The van der Waals surface area contributed by atoms with Crippen molar-refractivity contribution in [1.29, 1.82) is 0 Å². The first-order valence-corrected chi connectivity index (χ1v) is 13.9. The van der Waals surface area contributed by atoms with Gasteiger partial charge in [0, 0.05) is 0 Å². The van der Waals surface area contributed by atoms with Crippen LogP contribution in [0.2, 0.25) is 0 Å². The van der Waals surface area contributed by atoms with Gasteiger partial charge in [-0.1, -0.05) is 35.4 Å². The van der Waals surface area contributed by atoms with Crippen molar-refractivity contribution in [3.05, 3.63) is 59.7 Å². The number of nitrogens with zero attached hydrogens (tertiary/aromatic N) is 2. The zero-order valence-electron chi connectivity index (χ0n) is 18.7. The van der Waals surface area contributed by atoms with E-state index in [9.17, 15) is 16.8 Å². The van der Waals surface area contributed by atoms with Crippen molar-refractivity contribution in [1.82, 2.24) is 9.66 Å². The van der Waals surface area contributed by atoms with E-state index in [1.807, 2.05) is 13.8 Å². The Morgan fingerprint density at radius 3 is 1.39 bits per heavy atom. The van der Waals surface area contributed by atoms with E-state index >= 15 is 0 Å². The third-order valence-corrected chi connectivity index (χ3v) is 8.62. The summed E-state index contributed by atoms with van der Waals surface area (Å²) in [5.74, 6) is 1.24. The number of sulfonamides is 2. The molecule has 0 saturated heterocycles. The molecule has 0 spiro atoms. The zero-order chi connectivity index (χ0) is 23.6. The number of aryl methyl sites for hydroxylation is 2. The van der Waals surface area contributed by atoms with Crippen LogP contribution in [0, 0.1) is 25.7 Å². The molecule has 2 aromatic carbocycles. The average Bonchev–Trinajstić information content (AvgIpc) is 3.51. The fourth-order valence-corrected chi connectivity index (χ4v) is 5.62. The Labute approximate surface area is 195 Å². The topological polar surface area (TPSA) is 117 Å². The normalized spacial score (nSPS) is 23.5. The van der Waals surface area contributed by atoms with Crippen molar-refractivity contribution in [2.24, 2.45) is 22.0 Å². The predicted molar refractivity (Wildman–Crippen MR) is 128 cm³/mol. The van der Waals surface area contributed by atoms with E-state index in [0.29, 0.717) is 36.1 Å². The van der Waals surface area contributed by atoms with Crippen LogP contribution < -0.4 is 9.66 Å². The van der Waals surface area contributed by atoms with Crippen molar-refractivity contribution >= 4 is 31.5 Å². The number of rotatable bonds is 6. The molecule has 0 radical (unpaired) electrons. The summed E-state index contributed by atoms with van der Waals surface area (Å²) in [6.45, 7) is 3.76. The molecule has 2 atom stereocenters. The first-order chi connectivity index (χ1) is 15.6. The molecule has 8 nitrogen and oxygen atoms in total. The molecule has 2 fully saturated rings. The first-order valence-electron chi connectivity index (χ1n) is 10.9. The van der Waals surface area contributed by atoms with Crippen LogP contribution in [0.25, 0.3) is 0 Å². The molecule has 2 aromatic rings. The standard InChI is InChI=1S/C23H28N4O4S2/c1-16-3-9-20(10-4-16)32(28,29)26-24-22-13-7-18-15-19(18)8-14-23(22)25-27-33(30,31)21-11-5-17(2)6-12-21/h3-6,9-12,18-19,26-27H,7-8,13-15H2,1-2H3/b24-22+,25-23+. The Bertz CT molecular complexity index is 1180. The van der Waals surface area contributed by atoms with Crippen molar-refractivity contribution in [2.75, 3.05) is 0 Å². The molecule has 33 heavy (non-hydrogen) atoms. The zero-order valence-corrected chi connectivity index (χ0v) is 20.3. The molecule has 2 aliphatic rings. The second-order valence-corrected chi connectivity index (χ2v) is 12.1. The Morgan fingerprint density at radius 1 is 0.667 bits per heavy atom. The Hall–Kier alpha value is -2.72. The van der Waals surface area contributed by atoms with Crippen molar-refractivity contribution in [3.8, 4) is 0 Å². The van der Waals surface area contributed by atoms with Crippen LogP contribution in [0.5, 0.6) is 0 Å². The lowest BCUT2D eigenvalue weighted by Gasteiger charge is -2.15. The van der Waals surface area contributed by atoms with Gasteiger partial charge in [-0.15, -0.1) is 0 Å². The molecule has 0 aliphatic heterocycles. The quantitative estimate of drug-likeness (QED) is 0.605. The van der Waals surface area contributed by atoms with Crippen LogP contribution in [0.3, 0.4) is 0 Å². The van der Waals surface area contributed by atoms with E-state index < -0.39 is 20.0 Å². The smallest absolute Gasteiger partial charge is 0.200 e. The maximum Gasteiger partial charge on any atom is 0.276 e. The SMILES string of the molecule is Cc1ccc(S(=O)(=O)N/N=C2\CCC3CC3CC\C2=N/NS(=O)(=O)c2ccc(C)cc2)cc1. The largest absolute Gasteiger partial charge is 0.276 e. The number of hydrazone groups is 2. The van der Waals surface area contributed by atoms with Gasteiger partial charge < -0.3 is 0 Å². The van der Waals surface area contributed by atoms with Gasteiger partial charge in [0.25, 0.3) is 20.0 Å². The van der Waals surface area contributed by atoms with E-state index in [2.05, 4.69) is 19.9 Å². The van der Waals surface area contributed by atoms with E-state index in [1.165, 1.54) is 24.3 Å². The number of hydrogen-bond acceptors (Lipinski definition) is 6. The monoisotopic (exact) mass is 488 g/mol. The maximum absolute atomic E-state index is 12.7. The Morgan fingerprint density at radius 2 is 1.03 bits per heavy atom. The van der Waals surface area contributed by atoms with Gasteiger partial charge in [0.1, 0.15) is 0 Å². The summed E-state index contributed by atoms with van der Waals surface area (Å²) in [5.41, 5.74) is 2.83. The third kappa shape index (κ3) is 5.80. The van der Waals surface area contributed by atoms with Crippen molar-refractivity contribution in [3.63, 3.8) is 0 Å². The molecular weight excluding hydrogens is 460 g/mol. The molecule has 4 rings (SSSR count). The Balaban J connectivity index is 1.58. The highest BCUT2D eigenvalue weighted by molar-refractivity contribution is 7.89. The number of nitrogens with one attached hydrogen (secondary N) is 2. The van der Waals surface area contributed by atoms with Gasteiger partial charge in [0.05, 0.1) is 21.2 Å². The highest BCUT2D eigenvalue weighted by Crippen LogP contribution is 2.46. The van der Waals surface area contributed by atoms with Crippen molar-refractivity contribution < 1.29 is 16.8 Å². The van der Waals surface area contributed by atoms with Gasteiger partial charge in [-0.3, -0.25) is 0 Å². The molecule has 2 unspecified atom stereocenters. The summed E-state index contributed by atoms with van der Waals surface area (Å²) >= 11 is 0. The molecule has 0 bridgehead atoms. The lowest BCUT2D eigenvalue weighted by atomic mass is 9.97. The van der Waals surface area contributed by atoms with Crippen molar-refractivity contribution in [2.45, 2.75) is 55.7 Å². The van der Waals surface area contributed by atoms with Gasteiger partial charge in [-0.05, 0) is 82.1 Å². The number of hydrogen-bond donors (Lipinski definition) is 2. The number of fused-ring (bicyclic) bond motifs is 1. The summed E-state index contributed by atoms with van der Waals surface area (Å²) in [6, 6.07) is 13.0. The van der Waals surface area contributed by atoms with E-state index in [1.54, 1.807) is 24.3 Å². The molecule has 2 aliphatic carbocycles. The maximum atomic E-state index is 12.7. The molecular formula is C23H28N4O4S2. The fraction of sp³-hybridized carbons (Fsp3) is 0.391. The summed E-state index contributed by atoms with van der Waals surface area (Å²) in [6.07, 6.45) is 3.95. The third-order valence-electron chi connectivity index (χ3n) is 6.17. The van der Waals surface area contributed by atoms with Crippen LogP contribution in [0.1, 0.15) is 43.2 Å². The van der Waals surface area contributed by atoms with Crippen LogP contribution in [-0.2, 0) is 20.0 Å². The van der Waals surface area contributed by atoms with Gasteiger partial charge in [-0.2, -0.15) is 36.7 Å². The van der Waals surface area contributed by atoms with E-state index in [0.717, 1.165) is 30.4 Å². The van der Waals surface area contributed by atoms with Gasteiger partial charge in [0.2, 0.25) is 0 Å². The van der Waals surface area contributed by atoms with Crippen LogP contribution in [-0.4, -0.2) is 28.3 Å².